The number of sulfone groups is 1. The van der Waals surface area contributed by atoms with Crippen molar-refractivity contribution in [1.82, 2.24) is 0 Å². The second kappa shape index (κ2) is 6.00. The highest BCUT2D eigenvalue weighted by molar-refractivity contribution is 7.92. The van der Waals surface area contributed by atoms with Gasteiger partial charge < -0.3 is 5.11 Å². The fourth-order valence-corrected chi connectivity index (χ4v) is 3.72. The van der Waals surface area contributed by atoms with E-state index < -0.39 is 21.2 Å². The standard InChI is InChI=1S/C17H20O3S/c1-12-9-10-16(11-13(12)2)21(19,20)14(3)17(18)15-7-5-4-6-8-15/h4-11,14,17-18H,1-3H3. The molecule has 2 unspecified atom stereocenters. The van der Waals surface area contributed by atoms with Crippen LogP contribution in [0.15, 0.2) is 53.4 Å². The lowest BCUT2D eigenvalue weighted by Crippen LogP contribution is -2.25. The Morgan fingerprint density at radius 3 is 2.14 bits per heavy atom. The van der Waals surface area contributed by atoms with Crippen LogP contribution in [0.2, 0.25) is 0 Å². The first kappa shape index (κ1) is 15.7. The fourth-order valence-electron chi connectivity index (χ4n) is 2.20. The van der Waals surface area contributed by atoms with E-state index in [4.69, 9.17) is 0 Å². The number of rotatable bonds is 4. The van der Waals surface area contributed by atoms with E-state index in [9.17, 15) is 13.5 Å². The van der Waals surface area contributed by atoms with Gasteiger partial charge in [0.05, 0.1) is 16.2 Å². The summed E-state index contributed by atoms with van der Waals surface area (Å²) in [4.78, 5) is 0.257. The minimum atomic E-state index is -3.58. The van der Waals surface area contributed by atoms with Gasteiger partial charge in [-0.15, -0.1) is 0 Å². The zero-order valence-electron chi connectivity index (χ0n) is 12.4. The summed E-state index contributed by atoms with van der Waals surface area (Å²) in [6.45, 7) is 5.36. The Hall–Kier alpha value is -1.65. The molecule has 4 heteroatoms. The van der Waals surface area contributed by atoms with Gasteiger partial charge in [-0.1, -0.05) is 36.4 Å². The molecule has 0 aliphatic heterocycles. The number of hydrogen-bond donors (Lipinski definition) is 1. The molecule has 0 aliphatic rings. The number of aryl methyl sites for hydroxylation is 2. The first-order valence-corrected chi connectivity index (χ1v) is 8.43. The van der Waals surface area contributed by atoms with E-state index in [1.54, 1.807) is 49.4 Å². The lowest BCUT2D eigenvalue weighted by molar-refractivity contribution is 0.176. The summed E-state index contributed by atoms with van der Waals surface area (Å²) in [5.74, 6) is 0. The van der Waals surface area contributed by atoms with Crippen molar-refractivity contribution in [3.63, 3.8) is 0 Å². The second-order valence-corrected chi connectivity index (χ2v) is 7.66. The van der Waals surface area contributed by atoms with Crippen LogP contribution in [0.4, 0.5) is 0 Å². The third kappa shape index (κ3) is 3.17. The third-order valence-corrected chi connectivity index (χ3v) is 6.03. The van der Waals surface area contributed by atoms with Crippen molar-refractivity contribution in [2.24, 2.45) is 0 Å². The molecule has 21 heavy (non-hydrogen) atoms. The van der Waals surface area contributed by atoms with Crippen LogP contribution in [0, 0.1) is 13.8 Å². The Morgan fingerprint density at radius 1 is 0.952 bits per heavy atom. The predicted molar refractivity (Wildman–Crippen MR) is 84.0 cm³/mol. The van der Waals surface area contributed by atoms with Crippen molar-refractivity contribution in [3.05, 3.63) is 65.2 Å². The first-order valence-electron chi connectivity index (χ1n) is 6.88. The summed E-state index contributed by atoms with van der Waals surface area (Å²) in [7, 11) is -3.58. The quantitative estimate of drug-likeness (QED) is 0.943. The number of hydrogen-bond acceptors (Lipinski definition) is 3. The molecule has 0 aliphatic carbocycles. The van der Waals surface area contributed by atoms with Gasteiger partial charge in [0.25, 0.3) is 0 Å². The van der Waals surface area contributed by atoms with Crippen LogP contribution in [0.5, 0.6) is 0 Å². The zero-order valence-corrected chi connectivity index (χ0v) is 13.3. The summed E-state index contributed by atoms with van der Waals surface area (Å²) in [5, 5.41) is 9.43. The molecule has 2 atom stereocenters. The maximum atomic E-state index is 12.7. The van der Waals surface area contributed by atoms with Crippen LogP contribution in [-0.4, -0.2) is 18.8 Å². The molecule has 2 aromatic carbocycles. The first-order chi connectivity index (χ1) is 9.84. The topological polar surface area (TPSA) is 54.4 Å². The lowest BCUT2D eigenvalue weighted by Gasteiger charge is -2.20. The average molecular weight is 304 g/mol. The smallest absolute Gasteiger partial charge is 0.183 e. The summed E-state index contributed by atoms with van der Waals surface area (Å²) >= 11 is 0. The van der Waals surface area contributed by atoms with Crippen LogP contribution in [0.1, 0.15) is 29.7 Å². The van der Waals surface area contributed by atoms with E-state index in [1.807, 2.05) is 19.9 Å². The van der Waals surface area contributed by atoms with E-state index in [0.717, 1.165) is 11.1 Å². The van der Waals surface area contributed by atoms with E-state index in [0.29, 0.717) is 5.56 Å². The van der Waals surface area contributed by atoms with E-state index in [-0.39, 0.29) is 4.90 Å². The van der Waals surface area contributed by atoms with Gasteiger partial charge in [-0.25, -0.2) is 8.42 Å². The summed E-state index contributed by atoms with van der Waals surface area (Å²) < 4.78 is 25.3. The van der Waals surface area contributed by atoms with Crippen LogP contribution in [-0.2, 0) is 9.84 Å². The summed E-state index contributed by atoms with van der Waals surface area (Å²) in [6, 6.07) is 13.9. The Balaban J connectivity index is 2.36. The molecule has 0 bridgehead atoms. The van der Waals surface area contributed by atoms with Crippen LogP contribution in [0.3, 0.4) is 0 Å². The van der Waals surface area contributed by atoms with Gasteiger partial charge >= 0.3 is 0 Å². The molecule has 0 amide bonds. The van der Waals surface area contributed by atoms with Gasteiger partial charge in [-0.3, -0.25) is 0 Å². The number of benzene rings is 2. The van der Waals surface area contributed by atoms with Crippen LogP contribution < -0.4 is 0 Å². The Kier molecular flexibility index (Phi) is 4.49. The minimum absolute atomic E-state index is 0.257. The molecule has 0 fully saturated rings. The van der Waals surface area contributed by atoms with Crippen molar-refractivity contribution in [2.75, 3.05) is 0 Å². The van der Waals surface area contributed by atoms with Crippen LogP contribution in [0.25, 0.3) is 0 Å². The summed E-state index contributed by atoms with van der Waals surface area (Å²) in [6.07, 6.45) is -1.04. The van der Waals surface area contributed by atoms with Gasteiger partial charge in [0.2, 0.25) is 0 Å². The molecule has 1 N–H and O–H groups in total. The van der Waals surface area contributed by atoms with E-state index in [1.165, 1.54) is 0 Å². The normalized spacial score (nSPS) is 14.7. The Morgan fingerprint density at radius 2 is 1.57 bits per heavy atom. The van der Waals surface area contributed by atoms with E-state index in [2.05, 4.69) is 0 Å². The van der Waals surface area contributed by atoms with Crippen molar-refractivity contribution >= 4 is 9.84 Å². The SMILES string of the molecule is Cc1ccc(S(=O)(=O)C(C)C(O)c2ccccc2)cc1C. The lowest BCUT2D eigenvalue weighted by atomic mass is 10.1. The Labute approximate surface area is 126 Å². The molecule has 0 spiro atoms. The molecule has 0 saturated heterocycles. The third-order valence-electron chi connectivity index (χ3n) is 3.88. The molecule has 3 nitrogen and oxygen atoms in total. The molecule has 0 saturated carbocycles. The predicted octanol–water partition coefficient (Wildman–Crippen LogP) is 3.20. The highest BCUT2D eigenvalue weighted by Crippen LogP contribution is 2.27. The highest BCUT2D eigenvalue weighted by Gasteiger charge is 2.30. The molecular weight excluding hydrogens is 284 g/mol. The zero-order chi connectivity index (χ0) is 15.6. The van der Waals surface area contributed by atoms with Crippen molar-refractivity contribution < 1.29 is 13.5 Å². The molecule has 2 aromatic rings. The van der Waals surface area contributed by atoms with Crippen molar-refractivity contribution in [1.29, 1.82) is 0 Å². The Bertz CT molecular complexity index is 721. The fraction of sp³-hybridized carbons (Fsp3) is 0.294. The largest absolute Gasteiger partial charge is 0.387 e. The molecule has 112 valence electrons. The molecule has 2 rings (SSSR count). The van der Waals surface area contributed by atoms with E-state index >= 15 is 0 Å². The van der Waals surface area contributed by atoms with Gasteiger partial charge in [-0.2, -0.15) is 0 Å². The summed E-state index contributed by atoms with van der Waals surface area (Å²) in [5.41, 5.74) is 2.58. The van der Waals surface area contributed by atoms with Crippen molar-refractivity contribution in [3.8, 4) is 0 Å². The van der Waals surface area contributed by atoms with Gasteiger partial charge in [0, 0.05) is 0 Å². The number of aliphatic hydroxyl groups is 1. The number of aliphatic hydroxyl groups excluding tert-OH is 1. The molecule has 0 aromatic heterocycles. The molecule has 0 heterocycles. The molecule has 0 radical (unpaired) electrons. The van der Waals surface area contributed by atoms with Crippen molar-refractivity contribution in [2.45, 2.75) is 37.0 Å². The minimum Gasteiger partial charge on any atom is -0.387 e. The molecular formula is C17H20O3S. The van der Waals surface area contributed by atoms with Gasteiger partial charge in [0.1, 0.15) is 0 Å². The van der Waals surface area contributed by atoms with Gasteiger partial charge in [0.15, 0.2) is 9.84 Å². The average Bonchev–Trinajstić information content (AvgIpc) is 2.49. The monoisotopic (exact) mass is 304 g/mol. The van der Waals surface area contributed by atoms with Crippen LogP contribution >= 0.6 is 0 Å². The maximum Gasteiger partial charge on any atom is 0.183 e. The maximum absolute atomic E-state index is 12.7. The highest BCUT2D eigenvalue weighted by atomic mass is 32.2. The van der Waals surface area contributed by atoms with Gasteiger partial charge in [-0.05, 0) is 49.6 Å². The second-order valence-electron chi connectivity index (χ2n) is 5.35.